The quantitative estimate of drug-likeness (QED) is 0.652. The van der Waals surface area contributed by atoms with E-state index in [1.165, 1.54) is 31.2 Å². The van der Waals surface area contributed by atoms with E-state index in [1.807, 2.05) is 18.2 Å². The minimum atomic E-state index is 0.0805. The molecule has 104 valence electrons. The van der Waals surface area contributed by atoms with Gasteiger partial charge >= 0.3 is 0 Å². The average molecular weight is 324 g/mol. The fourth-order valence-corrected chi connectivity index (χ4v) is 3.26. The topological polar surface area (TPSA) is 29.1 Å². The molecule has 0 aromatic heterocycles. The summed E-state index contributed by atoms with van der Waals surface area (Å²) in [6.45, 7) is 0. The molecule has 1 atom stereocenters. The maximum atomic E-state index is 12.4. The molecule has 1 fully saturated rings. The molecule has 1 aromatic carbocycles. The number of alkyl halides is 1. The Morgan fingerprint density at radius 3 is 2.37 bits per heavy atom. The van der Waals surface area contributed by atoms with Gasteiger partial charge in [0, 0.05) is 11.2 Å². The third kappa shape index (κ3) is 4.34. The molecule has 1 unspecified atom stereocenters. The number of carbonyl (C=O) groups excluding carboxylic acids is 1. The fourth-order valence-electron chi connectivity index (χ4n) is 2.73. The minimum Gasteiger partial charge on any atom is -0.348 e. The second-order valence-corrected chi connectivity index (χ2v) is 5.96. The van der Waals surface area contributed by atoms with Crippen molar-refractivity contribution in [1.29, 1.82) is 0 Å². The Labute approximate surface area is 124 Å². The molecule has 0 heterocycles. The molecule has 1 saturated carbocycles. The van der Waals surface area contributed by atoms with Gasteiger partial charge in [-0.15, -0.1) is 0 Å². The number of rotatable bonds is 4. The van der Waals surface area contributed by atoms with Crippen molar-refractivity contribution < 1.29 is 4.79 Å². The van der Waals surface area contributed by atoms with Gasteiger partial charge in [-0.2, -0.15) is 0 Å². The summed E-state index contributed by atoms with van der Waals surface area (Å²) in [4.78, 5) is 12.4. The number of benzene rings is 1. The maximum absolute atomic E-state index is 12.4. The number of amides is 1. The van der Waals surface area contributed by atoms with E-state index in [2.05, 4.69) is 33.4 Å². The number of hydrogen-bond acceptors (Lipinski definition) is 1. The first kappa shape index (κ1) is 14.6. The van der Waals surface area contributed by atoms with Crippen LogP contribution in [0.15, 0.2) is 30.3 Å². The summed E-state index contributed by atoms with van der Waals surface area (Å²) in [5, 5.41) is 3.95. The molecule has 2 nitrogen and oxygen atoms in total. The Morgan fingerprint density at radius 2 is 1.79 bits per heavy atom. The lowest BCUT2D eigenvalue weighted by Crippen LogP contribution is -2.34. The molecule has 1 aliphatic rings. The third-order valence-corrected chi connectivity index (χ3v) is 4.55. The third-order valence-electron chi connectivity index (χ3n) is 3.90. The summed E-state index contributed by atoms with van der Waals surface area (Å²) in [6.07, 6.45) is 7.06. The second kappa shape index (κ2) is 7.68. The maximum Gasteiger partial charge on any atom is 0.223 e. The molecule has 0 saturated heterocycles. The zero-order valence-corrected chi connectivity index (χ0v) is 12.9. The van der Waals surface area contributed by atoms with E-state index < -0.39 is 0 Å². The first-order valence-corrected chi connectivity index (χ1v) is 8.34. The largest absolute Gasteiger partial charge is 0.348 e. The molecule has 0 bridgehead atoms. The summed E-state index contributed by atoms with van der Waals surface area (Å²) >= 11 is 3.51. The highest BCUT2D eigenvalue weighted by atomic mass is 79.9. The molecular weight excluding hydrogens is 302 g/mol. The Balaban J connectivity index is 1.96. The van der Waals surface area contributed by atoms with Gasteiger partial charge in [-0.05, 0) is 18.4 Å². The molecule has 1 aromatic rings. The number of carbonyl (C=O) groups is 1. The van der Waals surface area contributed by atoms with Crippen LogP contribution < -0.4 is 5.32 Å². The van der Waals surface area contributed by atoms with E-state index in [4.69, 9.17) is 0 Å². The van der Waals surface area contributed by atoms with Gasteiger partial charge in [-0.1, -0.05) is 71.9 Å². The number of nitrogens with one attached hydrogen (secondary N) is 1. The molecule has 1 aliphatic carbocycles. The van der Waals surface area contributed by atoms with Crippen LogP contribution in [0.3, 0.4) is 0 Å². The summed E-state index contributed by atoms with van der Waals surface area (Å²) in [5.41, 5.74) is 1.17. The summed E-state index contributed by atoms with van der Waals surface area (Å²) in [6, 6.07) is 10.3. The van der Waals surface area contributed by atoms with Gasteiger partial charge in [-0.25, -0.2) is 0 Å². The van der Waals surface area contributed by atoms with Gasteiger partial charge in [0.1, 0.15) is 0 Å². The van der Waals surface area contributed by atoms with Crippen molar-refractivity contribution in [2.45, 2.75) is 44.6 Å². The molecule has 19 heavy (non-hydrogen) atoms. The van der Waals surface area contributed by atoms with Crippen LogP contribution >= 0.6 is 15.9 Å². The molecule has 1 N–H and O–H groups in total. The zero-order valence-electron chi connectivity index (χ0n) is 11.3. The van der Waals surface area contributed by atoms with E-state index >= 15 is 0 Å². The van der Waals surface area contributed by atoms with E-state index in [0.717, 1.165) is 18.2 Å². The predicted octanol–water partition coefficient (Wildman–Crippen LogP) is 4.21. The van der Waals surface area contributed by atoms with Crippen LogP contribution in [-0.2, 0) is 4.79 Å². The van der Waals surface area contributed by atoms with Gasteiger partial charge in [0.15, 0.2) is 0 Å². The zero-order chi connectivity index (χ0) is 13.5. The highest BCUT2D eigenvalue weighted by Crippen LogP contribution is 2.24. The van der Waals surface area contributed by atoms with Gasteiger partial charge in [0.05, 0.1) is 6.04 Å². The Kier molecular flexibility index (Phi) is 5.90. The van der Waals surface area contributed by atoms with Crippen LogP contribution in [0.2, 0.25) is 0 Å². The van der Waals surface area contributed by atoms with Crippen molar-refractivity contribution in [2.75, 3.05) is 5.33 Å². The van der Waals surface area contributed by atoms with Crippen LogP contribution in [-0.4, -0.2) is 11.2 Å². The van der Waals surface area contributed by atoms with Crippen LogP contribution in [0.5, 0.6) is 0 Å². The minimum absolute atomic E-state index is 0.0805. The van der Waals surface area contributed by atoms with Crippen LogP contribution in [0.25, 0.3) is 0 Å². The van der Waals surface area contributed by atoms with E-state index in [-0.39, 0.29) is 17.9 Å². The van der Waals surface area contributed by atoms with Gasteiger partial charge < -0.3 is 5.32 Å². The van der Waals surface area contributed by atoms with Crippen molar-refractivity contribution in [2.24, 2.45) is 5.92 Å². The molecular formula is C16H22BrNO. The molecule has 2 rings (SSSR count). The Hall–Kier alpha value is -0.830. The predicted molar refractivity (Wildman–Crippen MR) is 82.3 cm³/mol. The van der Waals surface area contributed by atoms with E-state index in [9.17, 15) is 4.79 Å². The summed E-state index contributed by atoms with van der Waals surface area (Å²) in [7, 11) is 0. The first-order chi connectivity index (χ1) is 9.31. The average Bonchev–Trinajstić information content (AvgIpc) is 2.74. The lowest BCUT2D eigenvalue weighted by Gasteiger charge is -2.21. The fraction of sp³-hybridized carbons (Fsp3) is 0.562. The highest BCUT2D eigenvalue weighted by Gasteiger charge is 2.22. The molecule has 1 amide bonds. The van der Waals surface area contributed by atoms with Crippen molar-refractivity contribution in [3.8, 4) is 0 Å². The Morgan fingerprint density at radius 1 is 1.16 bits per heavy atom. The molecule has 0 radical (unpaired) electrons. The smallest absolute Gasteiger partial charge is 0.223 e. The normalized spacial score (nSPS) is 18.6. The molecule has 0 spiro atoms. The van der Waals surface area contributed by atoms with Crippen molar-refractivity contribution >= 4 is 21.8 Å². The van der Waals surface area contributed by atoms with Crippen molar-refractivity contribution in [1.82, 2.24) is 5.32 Å². The lowest BCUT2D eigenvalue weighted by atomic mass is 9.98. The van der Waals surface area contributed by atoms with Crippen LogP contribution in [0.1, 0.15) is 50.1 Å². The second-order valence-electron chi connectivity index (χ2n) is 5.31. The highest BCUT2D eigenvalue weighted by molar-refractivity contribution is 9.09. The molecule has 0 aliphatic heterocycles. The summed E-state index contributed by atoms with van der Waals surface area (Å²) in [5.74, 6) is 0.447. The molecule has 3 heteroatoms. The van der Waals surface area contributed by atoms with Crippen molar-refractivity contribution in [3.63, 3.8) is 0 Å². The Bertz CT molecular complexity index is 385. The van der Waals surface area contributed by atoms with Gasteiger partial charge in [-0.3, -0.25) is 4.79 Å². The standard InChI is InChI=1S/C16H22BrNO/c17-12-15(13-8-6-3-7-9-13)18-16(19)14-10-4-1-2-5-11-14/h3,6-9,14-15H,1-2,4-5,10-12H2,(H,18,19). The number of halogens is 1. The van der Waals surface area contributed by atoms with Crippen molar-refractivity contribution in [3.05, 3.63) is 35.9 Å². The SMILES string of the molecule is O=C(NC(CBr)c1ccccc1)C1CCCCCC1. The van der Waals surface area contributed by atoms with Gasteiger partial charge in [0.25, 0.3) is 0 Å². The lowest BCUT2D eigenvalue weighted by molar-refractivity contribution is -0.126. The monoisotopic (exact) mass is 323 g/mol. The van der Waals surface area contributed by atoms with E-state index in [1.54, 1.807) is 0 Å². The van der Waals surface area contributed by atoms with Gasteiger partial charge in [0.2, 0.25) is 5.91 Å². The van der Waals surface area contributed by atoms with Crippen LogP contribution in [0, 0.1) is 5.92 Å². The van der Waals surface area contributed by atoms with E-state index in [0.29, 0.717) is 0 Å². The van der Waals surface area contributed by atoms with Crippen LogP contribution in [0.4, 0.5) is 0 Å². The number of hydrogen-bond donors (Lipinski definition) is 1. The summed E-state index contributed by atoms with van der Waals surface area (Å²) < 4.78 is 0. The first-order valence-electron chi connectivity index (χ1n) is 7.22.